The third-order valence-corrected chi connectivity index (χ3v) is 3.71. The zero-order valence-corrected chi connectivity index (χ0v) is 11.8. The standard InChI is InChI=1S/C13H8BrFN2S/c1-8-7-18-13(17-8)10(6-16)4-9-5-11(14)2-3-12(9)15/h2-5,7H,1H3. The van der Waals surface area contributed by atoms with Crippen LogP contribution < -0.4 is 0 Å². The number of nitrogens with zero attached hydrogens (tertiary/aromatic N) is 2. The summed E-state index contributed by atoms with van der Waals surface area (Å²) in [7, 11) is 0. The van der Waals surface area contributed by atoms with Gasteiger partial charge < -0.3 is 0 Å². The van der Waals surface area contributed by atoms with Crippen LogP contribution >= 0.6 is 27.3 Å². The first-order chi connectivity index (χ1) is 8.60. The van der Waals surface area contributed by atoms with Gasteiger partial charge in [0.05, 0.1) is 5.57 Å². The van der Waals surface area contributed by atoms with Crippen LogP contribution in [0.15, 0.2) is 28.1 Å². The van der Waals surface area contributed by atoms with Crippen molar-refractivity contribution in [2.75, 3.05) is 0 Å². The van der Waals surface area contributed by atoms with E-state index in [1.165, 1.54) is 23.5 Å². The zero-order valence-electron chi connectivity index (χ0n) is 9.45. The van der Waals surface area contributed by atoms with Gasteiger partial charge in [-0.2, -0.15) is 5.26 Å². The molecule has 0 radical (unpaired) electrons. The van der Waals surface area contributed by atoms with Crippen molar-refractivity contribution in [1.82, 2.24) is 4.98 Å². The fourth-order valence-electron chi connectivity index (χ4n) is 1.40. The van der Waals surface area contributed by atoms with E-state index in [0.29, 0.717) is 16.1 Å². The van der Waals surface area contributed by atoms with E-state index in [-0.39, 0.29) is 5.82 Å². The summed E-state index contributed by atoms with van der Waals surface area (Å²) in [5, 5.41) is 11.6. The summed E-state index contributed by atoms with van der Waals surface area (Å²) in [6, 6.07) is 6.66. The van der Waals surface area contributed by atoms with Crippen LogP contribution in [0, 0.1) is 24.1 Å². The number of hydrogen-bond donors (Lipinski definition) is 0. The molecule has 0 aliphatic rings. The van der Waals surface area contributed by atoms with Crippen molar-refractivity contribution in [2.45, 2.75) is 6.92 Å². The van der Waals surface area contributed by atoms with Crippen LogP contribution in [0.25, 0.3) is 11.6 Å². The molecule has 2 aromatic rings. The van der Waals surface area contributed by atoms with Crippen LogP contribution in [-0.2, 0) is 0 Å². The highest BCUT2D eigenvalue weighted by atomic mass is 79.9. The minimum absolute atomic E-state index is 0.362. The molecular weight excluding hydrogens is 315 g/mol. The van der Waals surface area contributed by atoms with Gasteiger partial charge in [0, 0.05) is 21.1 Å². The maximum Gasteiger partial charge on any atom is 0.134 e. The average molecular weight is 323 g/mol. The molecule has 0 aliphatic heterocycles. The molecule has 90 valence electrons. The molecular formula is C13H8BrFN2S. The number of nitriles is 1. The van der Waals surface area contributed by atoms with Crippen molar-refractivity contribution in [3.63, 3.8) is 0 Å². The van der Waals surface area contributed by atoms with E-state index in [1.54, 1.807) is 12.1 Å². The van der Waals surface area contributed by atoms with E-state index >= 15 is 0 Å². The second-order valence-corrected chi connectivity index (χ2v) is 5.40. The van der Waals surface area contributed by atoms with Gasteiger partial charge in [-0.1, -0.05) is 15.9 Å². The Morgan fingerprint density at radius 3 is 2.94 bits per heavy atom. The Kier molecular flexibility index (Phi) is 3.90. The van der Waals surface area contributed by atoms with E-state index in [4.69, 9.17) is 5.26 Å². The minimum atomic E-state index is -0.362. The number of halogens is 2. The van der Waals surface area contributed by atoms with Gasteiger partial charge in [-0.25, -0.2) is 9.37 Å². The molecule has 0 unspecified atom stereocenters. The Balaban J connectivity index is 2.48. The zero-order chi connectivity index (χ0) is 13.1. The third kappa shape index (κ3) is 2.84. The lowest BCUT2D eigenvalue weighted by Crippen LogP contribution is -1.85. The quantitative estimate of drug-likeness (QED) is 0.767. The molecule has 0 bridgehead atoms. The number of allylic oxidation sites excluding steroid dienone is 1. The van der Waals surface area contributed by atoms with Crippen LogP contribution in [0.4, 0.5) is 4.39 Å². The Morgan fingerprint density at radius 1 is 1.56 bits per heavy atom. The lowest BCUT2D eigenvalue weighted by Gasteiger charge is -1.99. The highest BCUT2D eigenvalue weighted by molar-refractivity contribution is 9.10. The number of thiazole rings is 1. The van der Waals surface area contributed by atoms with Gasteiger partial charge in [0.15, 0.2) is 0 Å². The summed E-state index contributed by atoms with van der Waals surface area (Å²) in [5.41, 5.74) is 1.59. The van der Waals surface area contributed by atoms with Gasteiger partial charge in [0.2, 0.25) is 0 Å². The first-order valence-corrected chi connectivity index (χ1v) is 6.77. The SMILES string of the molecule is Cc1csc(C(C#N)=Cc2cc(Br)ccc2F)n1. The molecule has 1 heterocycles. The van der Waals surface area contributed by atoms with Gasteiger partial charge in [0.1, 0.15) is 16.9 Å². The topological polar surface area (TPSA) is 36.7 Å². The Bertz CT molecular complexity index is 655. The van der Waals surface area contributed by atoms with Gasteiger partial charge in [0.25, 0.3) is 0 Å². The molecule has 2 rings (SSSR count). The predicted molar refractivity (Wildman–Crippen MR) is 74.4 cm³/mol. The van der Waals surface area contributed by atoms with Gasteiger partial charge in [-0.3, -0.25) is 0 Å². The second kappa shape index (κ2) is 5.42. The van der Waals surface area contributed by atoms with E-state index in [1.807, 2.05) is 12.3 Å². The van der Waals surface area contributed by atoms with Crippen molar-refractivity contribution in [3.05, 3.63) is 50.1 Å². The van der Waals surface area contributed by atoms with Crippen LogP contribution in [0.5, 0.6) is 0 Å². The number of hydrogen-bond acceptors (Lipinski definition) is 3. The molecule has 0 fully saturated rings. The van der Waals surface area contributed by atoms with Crippen LogP contribution in [0.2, 0.25) is 0 Å². The summed E-state index contributed by atoms with van der Waals surface area (Å²) in [4.78, 5) is 4.22. The highest BCUT2D eigenvalue weighted by Crippen LogP contribution is 2.24. The van der Waals surface area contributed by atoms with Gasteiger partial charge >= 0.3 is 0 Å². The monoisotopic (exact) mass is 322 g/mol. The molecule has 0 atom stereocenters. The number of benzene rings is 1. The molecule has 1 aromatic heterocycles. The summed E-state index contributed by atoms with van der Waals surface area (Å²) in [6.07, 6.45) is 1.51. The van der Waals surface area contributed by atoms with Crippen LogP contribution in [-0.4, -0.2) is 4.98 Å². The molecule has 0 saturated carbocycles. The Labute approximate surface area is 117 Å². The first kappa shape index (κ1) is 12.9. The number of aryl methyl sites for hydroxylation is 1. The third-order valence-electron chi connectivity index (χ3n) is 2.23. The summed E-state index contributed by atoms with van der Waals surface area (Å²) < 4.78 is 14.4. The van der Waals surface area contributed by atoms with Crippen molar-refractivity contribution in [2.24, 2.45) is 0 Å². The predicted octanol–water partition coefficient (Wildman–Crippen LogP) is 4.42. The van der Waals surface area contributed by atoms with Crippen molar-refractivity contribution < 1.29 is 4.39 Å². The van der Waals surface area contributed by atoms with E-state index in [2.05, 4.69) is 27.0 Å². The average Bonchev–Trinajstić information content (AvgIpc) is 2.77. The summed E-state index contributed by atoms with van der Waals surface area (Å²) in [6.45, 7) is 1.86. The molecule has 0 N–H and O–H groups in total. The molecule has 2 nitrogen and oxygen atoms in total. The first-order valence-electron chi connectivity index (χ1n) is 5.09. The van der Waals surface area contributed by atoms with E-state index in [0.717, 1.165) is 10.2 Å². The van der Waals surface area contributed by atoms with E-state index < -0.39 is 0 Å². The largest absolute Gasteiger partial charge is 0.241 e. The van der Waals surface area contributed by atoms with Crippen LogP contribution in [0.1, 0.15) is 16.3 Å². The Morgan fingerprint density at radius 2 is 2.33 bits per heavy atom. The van der Waals surface area contributed by atoms with E-state index in [9.17, 15) is 4.39 Å². The normalized spacial score (nSPS) is 11.3. The molecule has 0 spiro atoms. The maximum atomic E-state index is 13.6. The molecule has 18 heavy (non-hydrogen) atoms. The van der Waals surface area contributed by atoms with Crippen LogP contribution in [0.3, 0.4) is 0 Å². The summed E-state index contributed by atoms with van der Waals surface area (Å²) in [5.74, 6) is -0.362. The minimum Gasteiger partial charge on any atom is -0.241 e. The molecule has 0 saturated heterocycles. The fraction of sp³-hybridized carbons (Fsp3) is 0.0769. The smallest absolute Gasteiger partial charge is 0.134 e. The lowest BCUT2D eigenvalue weighted by molar-refractivity contribution is 0.625. The maximum absolute atomic E-state index is 13.6. The molecule has 5 heteroatoms. The van der Waals surface area contributed by atoms with Crippen molar-refractivity contribution >= 4 is 38.9 Å². The summed E-state index contributed by atoms with van der Waals surface area (Å²) >= 11 is 4.65. The second-order valence-electron chi connectivity index (χ2n) is 3.63. The molecule has 1 aromatic carbocycles. The highest BCUT2D eigenvalue weighted by Gasteiger charge is 2.08. The number of rotatable bonds is 2. The van der Waals surface area contributed by atoms with Crippen molar-refractivity contribution in [1.29, 1.82) is 5.26 Å². The molecule has 0 amide bonds. The van der Waals surface area contributed by atoms with Gasteiger partial charge in [-0.15, -0.1) is 11.3 Å². The fourth-order valence-corrected chi connectivity index (χ4v) is 2.54. The Hall–Kier alpha value is -1.51. The lowest BCUT2D eigenvalue weighted by atomic mass is 10.1. The van der Waals surface area contributed by atoms with Crippen molar-refractivity contribution in [3.8, 4) is 6.07 Å². The number of aromatic nitrogens is 1. The molecule has 0 aliphatic carbocycles. The van der Waals surface area contributed by atoms with Gasteiger partial charge in [-0.05, 0) is 31.2 Å².